The molecule has 0 aliphatic heterocycles. The number of H-pyrrole nitrogens is 1. The van der Waals surface area contributed by atoms with Crippen LogP contribution in [-0.2, 0) is 11.3 Å². The third kappa shape index (κ3) is 3.37. The predicted octanol–water partition coefficient (Wildman–Crippen LogP) is 3.08. The molecule has 2 aromatic rings. The maximum Gasteiger partial charge on any atom is 0.339 e. The molecule has 0 amide bonds. The number of hydrogen-bond donors (Lipinski definition) is 1. The summed E-state index contributed by atoms with van der Waals surface area (Å²) in [5, 5.41) is 0. The molecule has 1 N–H and O–H groups in total. The molecule has 0 radical (unpaired) electrons. The lowest BCUT2D eigenvalue weighted by Gasteiger charge is -2.03. The summed E-state index contributed by atoms with van der Waals surface area (Å²) in [6.07, 6.45) is 0. The van der Waals surface area contributed by atoms with Gasteiger partial charge in [-0.2, -0.15) is 0 Å². The van der Waals surface area contributed by atoms with Crippen LogP contribution in [0.15, 0.2) is 36.4 Å². The van der Waals surface area contributed by atoms with Crippen LogP contribution >= 0.6 is 0 Å². The number of esters is 1. The van der Waals surface area contributed by atoms with Crippen LogP contribution in [0.4, 0.5) is 0 Å². The summed E-state index contributed by atoms with van der Waals surface area (Å²) in [6.45, 7) is 4.40. The van der Waals surface area contributed by atoms with Crippen molar-refractivity contribution in [2.24, 2.45) is 0 Å². The van der Waals surface area contributed by atoms with Crippen LogP contribution in [-0.4, -0.2) is 17.6 Å². The topological polar surface area (TPSA) is 51.3 Å². The molecule has 0 saturated heterocycles. The number of carbonyl (C=O) groups is 1. The second-order valence-corrected chi connectivity index (χ2v) is 4.16. The number of hydrogen-bond acceptors (Lipinski definition) is 3. The molecule has 0 aliphatic rings. The van der Waals surface area contributed by atoms with E-state index < -0.39 is 0 Å². The van der Waals surface area contributed by atoms with Gasteiger partial charge in [-0.15, -0.1) is 0 Å². The van der Waals surface area contributed by atoms with Crippen LogP contribution in [0.3, 0.4) is 0 Å². The van der Waals surface area contributed by atoms with Gasteiger partial charge in [0.05, 0.1) is 17.9 Å². The van der Waals surface area contributed by atoms with E-state index in [0.717, 1.165) is 17.1 Å². The lowest BCUT2D eigenvalue weighted by atomic mass is 10.2. The fourth-order valence-electron chi connectivity index (χ4n) is 1.80. The summed E-state index contributed by atoms with van der Waals surface area (Å²) in [4.78, 5) is 14.8. The van der Waals surface area contributed by atoms with Gasteiger partial charge in [0, 0.05) is 5.69 Å². The van der Waals surface area contributed by atoms with E-state index in [4.69, 9.17) is 9.47 Å². The molecule has 0 aliphatic carbocycles. The van der Waals surface area contributed by atoms with Crippen LogP contribution in [0.5, 0.6) is 5.75 Å². The molecule has 2 rings (SSSR count). The molecule has 0 spiro atoms. The molecule has 1 heterocycles. The first-order chi connectivity index (χ1) is 9.20. The fourth-order valence-corrected chi connectivity index (χ4v) is 1.80. The number of nitrogens with one attached hydrogen (secondary N) is 1. The molecule has 0 fully saturated rings. The van der Waals surface area contributed by atoms with Crippen LogP contribution in [0.25, 0.3) is 0 Å². The molecule has 4 nitrogen and oxygen atoms in total. The van der Waals surface area contributed by atoms with E-state index in [-0.39, 0.29) is 5.97 Å². The highest BCUT2D eigenvalue weighted by Crippen LogP contribution is 2.15. The number of aromatic nitrogens is 1. The quantitative estimate of drug-likeness (QED) is 0.839. The second-order valence-electron chi connectivity index (χ2n) is 4.16. The zero-order valence-corrected chi connectivity index (χ0v) is 11.1. The van der Waals surface area contributed by atoms with E-state index in [0.29, 0.717) is 18.8 Å². The molecule has 0 bridgehead atoms. The number of rotatable bonds is 5. The average molecular weight is 259 g/mol. The molecule has 0 unspecified atom stereocenters. The van der Waals surface area contributed by atoms with E-state index in [2.05, 4.69) is 4.98 Å². The van der Waals surface area contributed by atoms with E-state index >= 15 is 0 Å². The molecule has 1 aromatic carbocycles. The van der Waals surface area contributed by atoms with Crippen LogP contribution < -0.4 is 4.74 Å². The van der Waals surface area contributed by atoms with Gasteiger partial charge < -0.3 is 14.5 Å². The number of benzene rings is 1. The number of aryl methyl sites for hydroxylation is 1. The van der Waals surface area contributed by atoms with Crippen LogP contribution in [0, 0.1) is 6.92 Å². The highest BCUT2D eigenvalue weighted by atomic mass is 16.5. The Morgan fingerprint density at radius 1 is 1.26 bits per heavy atom. The van der Waals surface area contributed by atoms with Crippen LogP contribution in [0.2, 0.25) is 0 Å². The Balaban J connectivity index is 2.02. The van der Waals surface area contributed by atoms with Crippen molar-refractivity contribution in [3.8, 4) is 5.75 Å². The maximum absolute atomic E-state index is 11.7. The molecule has 0 atom stereocenters. The number of para-hydroxylation sites is 1. The van der Waals surface area contributed by atoms with Crippen molar-refractivity contribution in [1.82, 2.24) is 4.98 Å². The molecule has 19 heavy (non-hydrogen) atoms. The van der Waals surface area contributed by atoms with Gasteiger partial charge in [0.15, 0.2) is 0 Å². The van der Waals surface area contributed by atoms with Gasteiger partial charge in [-0.1, -0.05) is 18.2 Å². The zero-order valence-electron chi connectivity index (χ0n) is 11.1. The Kier molecular flexibility index (Phi) is 4.23. The van der Waals surface area contributed by atoms with Gasteiger partial charge in [0.2, 0.25) is 0 Å². The highest BCUT2D eigenvalue weighted by molar-refractivity contribution is 5.90. The monoisotopic (exact) mass is 259 g/mol. The third-order valence-electron chi connectivity index (χ3n) is 2.70. The maximum atomic E-state index is 11.7. The summed E-state index contributed by atoms with van der Waals surface area (Å²) in [5.74, 6) is 0.495. The van der Waals surface area contributed by atoms with Crippen molar-refractivity contribution in [3.63, 3.8) is 0 Å². The van der Waals surface area contributed by atoms with Gasteiger partial charge in [-0.05, 0) is 32.0 Å². The van der Waals surface area contributed by atoms with E-state index in [1.54, 1.807) is 13.0 Å². The van der Waals surface area contributed by atoms with Crippen molar-refractivity contribution in [3.05, 3.63) is 53.3 Å². The van der Waals surface area contributed by atoms with E-state index in [1.165, 1.54) is 0 Å². The second kappa shape index (κ2) is 6.09. The smallest absolute Gasteiger partial charge is 0.339 e. The average Bonchev–Trinajstić information content (AvgIpc) is 2.79. The Morgan fingerprint density at radius 2 is 2.00 bits per heavy atom. The molecule has 4 heteroatoms. The van der Waals surface area contributed by atoms with Gasteiger partial charge in [-0.3, -0.25) is 0 Å². The van der Waals surface area contributed by atoms with Crippen molar-refractivity contribution < 1.29 is 14.3 Å². The van der Waals surface area contributed by atoms with Crippen LogP contribution in [0.1, 0.15) is 28.7 Å². The first kappa shape index (κ1) is 13.2. The van der Waals surface area contributed by atoms with E-state index in [1.807, 2.05) is 37.3 Å². The summed E-state index contributed by atoms with van der Waals surface area (Å²) in [5.41, 5.74) is 2.21. The van der Waals surface area contributed by atoms with Gasteiger partial charge in [0.1, 0.15) is 12.4 Å². The van der Waals surface area contributed by atoms with Crippen molar-refractivity contribution >= 4 is 5.97 Å². The standard InChI is InChI=1S/C15H17NO3/c1-3-18-15(17)14-9-12(16-11(14)2)10-19-13-7-5-4-6-8-13/h4-9,16H,3,10H2,1-2H3. The Bertz CT molecular complexity index is 546. The fraction of sp³-hybridized carbons (Fsp3) is 0.267. The zero-order chi connectivity index (χ0) is 13.7. The lowest BCUT2D eigenvalue weighted by Crippen LogP contribution is -2.04. The SMILES string of the molecule is CCOC(=O)c1cc(COc2ccccc2)[nH]c1C. The molecular formula is C15H17NO3. The minimum absolute atomic E-state index is 0.304. The molecule has 100 valence electrons. The van der Waals surface area contributed by atoms with E-state index in [9.17, 15) is 4.79 Å². The molecular weight excluding hydrogens is 242 g/mol. The minimum atomic E-state index is -0.304. The van der Waals surface area contributed by atoms with Crippen molar-refractivity contribution in [2.45, 2.75) is 20.5 Å². The van der Waals surface area contributed by atoms with Gasteiger partial charge >= 0.3 is 5.97 Å². The Hall–Kier alpha value is -2.23. The Labute approximate surface area is 112 Å². The molecule has 0 saturated carbocycles. The number of aromatic amines is 1. The number of ether oxygens (including phenoxy) is 2. The Morgan fingerprint density at radius 3 is 2.68 bits per heavy atom. The predicted molar refractivity (Wildman–Crippen MR) is 72.3 cm³/mol. The summed E-state index contributed by atoms with van der Waals surface area (Å²) >= 11 is 0. The van der Waals surface area contributed by atoms with Crippen molar-refractivity contribution in [1.29, 1.82) is 0 Å². The minimum Gasteiger partial charge on any atom is -0.487 e. The first-order valence-electron chi connectivity index (χ1n) is 6.24. The molecule has 1 aromatic heterocycles. The highest BCUT2D eigenvalue weighted by Gasteiger charge is 2.13. The number of carbonyl (C=O) groups excluding carboxylic acids is 1. The van der Waals surface area contributed by atoms with Crippen molar-refractivity contribution in [2.75, 3.05) is 6.61 Å². The van der Waals surface area contributed by atoms with Gasteiger partial charge in [0.25, 0.3) is 0 Å². The third-order valence-corrected chi connectivity index (χ3v) is 2.70. The largest absolute Gasteiger partial charge is 0.487 e. The first-order valence-corrected chi connectivity index (χ1v) is 6.24. The normalized spacial score (nSPS) is 10.2. The summed E-state index contributed by atoms with van der Waals surface area (Å²) in [7, 11) is 0. The lowest BCUT2D eigenvalue weighted by molar-refractivity contribution is 0.0525. The van der Waals surface area contributed by atoms with Gasteiger partial charge in [-0.25, -0.2) is 4.79 Å². The summed E-state index contributed by atoms with van der Waals surface area (Å²) < 4.78 is 10.6. The summed E-state index contributed by atoms with van der Waals surface area (Å²) in [6, 6.07) is 11.3.